The Kier molecular flexibility index (Phi) is 12.5. The summed E-state index contributed by atoms with van der Waals surface area (Å²) in [7, 11) is 0. The van der Waals surface area contributed by atoms with Crippen LogP contribution >= 0.6 is 31.9 Å². The number of nitrogens with zero attached hydrogens (tertiary/aromatic N) is 1. The van der Waals surface area contributed by atoms with Crippen molar-refractivity contribution in [2.45, 2.75) is 92.0 Å². The van der Waals surface area contributed by atoms with Gasteiger partial charge in [0, 0.05) is 15.2 Å². The molecule has 2 aliphatic rings. The fourth-order valence-corrected chi connectivity index (χ4v) is 11.6. The van der Waals surface area contributed by atoms with E-state index < -0.39 is 12.0 Å². The molecule has 0 N–H and O–H groups in total. The number of hydrogen-bond acceptors (Lipinski definition) is 4. The monoisotopic (exact) mass is 661 g/mol. The molecule has 1 aromatic rings. The van der Waals surface area contributed by atoms with Crippen LogP contribution in [0.25, 0.3) is 0 Å². The molecule has 0 aromatic heterocycles. The van der Waals surface area contributed by atoms with Gasteiger partial charge in [-0.2, -0.15) is 0 Å². The fraction of sp³-hybridized carbons (Fsp3) is 0.667. The zero-order chi connectivity index (χ0) is 22.8. The maximum atomic E-state index is 11.8. The summed E-state index contributed by atoms with van der Waals surface area (Å²) in [5.74, 6) is -1.68. The van der Waals surface area contributed by atoms with E-state index in [1.54, 1.807) is 90.2 Å². The summed E-state index contributed by atoms with van der Waals surface area (Å²) in [5, 5.41) is 22.6. The van der Waals surface area contributed by atoms with Gasteiger partial charge >= 0.3 is 93.2 Å². The predicted molar refractivity (Wildman–Crippen MR) is 132 cm³/mol. The average Bonchev–Trinajstić information content (AvgIpc) is 2.73. The first kappa shape index (κ1) is 27.2. The molecule has 3 rings (SSSR count). The van der Waals surface area contributed by atoms with Crippen molar-refractivity contribution in [2.24, 2.45) is 10.9 Å². The van der Waals surface area contributed by atoms with Crippen LogP contribution in [-0.4, -0.2) is 39.4 Å². The van der Waals surface area contributed by atoms with E-state index >= 15 is 0 Å². The number of halogens is 2. The molecule has 170 valence electrons. The second kappa shape index (κ2) is 14.2. The minimum atomic E-state index is -1.25. The Morgan fingerprint density at radius 3 is 2.00 bits per heavy atom. The Bertz CT molecular complexity index is 714. The maximum absolute atomic E-state index is 11.8. The van der Waals surface area contributed by atoms with E-state index in [-0.39, 0.29) is 32.8 Å². The molecule has 0 unspecified atom stereocenters. The molecule has 0 saturated heterocycles. The maximum Gasteiger partial charge on any atom is 0.0915 e. The van der Waals surface area contributed by atoms with Gasteiger partial charge in [-0.05, 0) is 23.6 Å². The number of aliphatic imine (C=N–C) groups is 1. The van der Waals surface area contributed by atoms with Crippen LogP contribution in [0.1, 0.15) is 83.6 Å². The number of carboxylic acids is 1. The van der Waals surface area contributed by atoms with Crippen molar-refractivity contribution in [3.8, 4) is 5.75 Å². The van der Waals surface area contributed by atoms with Crippen LogP contribution in [0.15, 0.2) is 26.1 Å². The van der Waals surface area contributed by atoms with Crippen molar-refractivity contribution in [1.82, 2.24) is 0 Å². The topological polar surface area (TPSA) is 75.5 Å². The molecular weight excluding hydrogens is 629 g/mol. The summed E-state index contributed by atoms with van der Waals surface area (Å²) in [6.07, 6.45) is 17.1. The molecule has 2 saturated carbocycles. The van der Waals surface area contributed by atoms with Crippen LogP contribution in [0.4, 0.5) is 0 Å². The van der Waals surface area contributed by atoms with Crippen molar-refractivity contribution in [3.05, 3.63) is 26.6 Å². The summed E-state index contributed by atoms with van der Waals surface area (Å²) < 4.78 is 3.69. The minimum Gasteiger partial charge on any atom is -0.871 e. The summed E-state index contributed by atoms with van der Waals surface area (Å²) in [4.78, 5) is 14.8. The zero-order valence-corrected chi connectivity index (χ0v) is 24.6. The van der Waals surface area contributed by atoms with E-state index in [0.717, 1.165) is 0 Å². The first-order valence-electron chi connectivity index (χ1n) is 11.4. The van der Waals surface area contributed by atoms with Crippen LogP contribution in [0.3, 0.4) is 0 Å². The molecule has 1 atom stereocenters. The normalized spacial score (nSPS) is 19.0. The smallest absolute Gasteiger partial charge is 0.0915 e. The number of rotatable bonds is 6. The number of aliphatic carboxylic acids is 1. The van der Waals surface area contributed by atoms with Crippen molar-refractivity contribution >= 4 is 65.2 Å². The van der Waals surface area contributed by atoms with Crippen LogP contribution < -0.4 is 10.2 Å². The Morgan fingerprint density at radius 2 is 1.55 bits per heavy atom. The molecule has 0 spiro atoms. The van der Waals surface area contributed by atoms with Gasteiger partial charge in [-0.25, -0.2) is 0 Å². The van der Waals surface area contributed by atoms with Gasteiger partial charge in [0.1, 0.15) is 0 Å². The number of hydrogen-bond donors (Lipinski definition) is 0. The summed E-state index contributed by atoms with van der Waals surface area (Å²) >= 11 is 6.42. The molecule has 31 heavy (non-hydrogen) atoms. The number of carbonyl (C=O) groups excluding carboxylic acids is 1. The predicted octanol–water partition coefficient (Wildman–Crippen LogP) is 5.67. The van der Waals surface area contributed by atoms with E-state index in [2.05, 4.69) is 36.9 Å². The van der Waals surface area contributed by atoms with E-state index in [1.807, 2.05) is 0 Å². The third kappa shape index (κ3) is 9.75. The second-order valence-corrected chi connectivity index (χ2v) is 16.3. The molecule has 0 radical (unpaired) electrons. The van der Waals surface area contributed by atoms with Crippen LogP contribution in [0.2, 0.25) is 7.87 Å². The number of carbonyl (C=O) groups is 1. The van der Waals surface area contributed by atoms with Gasteiger partial charge in [0.05, 0.1) is 12.0 Å². The fourth-order valence-electron chi connectivity index (χ4n) is 4.21. The molecule has 1 aromatic carbocycles. The summed E-state index contributed by atoms with van der Waals surface area (Å²) in [6, 6.07) is 2.25. The van der Waals surface area contributed by atoms with Gasteiger partial charge in [-0.1, -0.05) is 51.5 Å². The van der Waals surface area contributed by atoms with Crippen molar-refractivity contribution in [2.75, 3.05) is 0 Å². The zero-order valence-electron chi connectivity index (χ0n) is 18.5. The molecular formula is C24H33Br2NO3Sn. The van der Waals surface area contributed by atoms with Crippen LogP contribution in [0.5, 0.6) is 5.75 Å². The number of benzene rings is 1. The van der Waals surface area contributed by atoms with Crippen molar-refractivity contribution in [1.29, 1.82) is 0 Å². The Labute approximate surface area is 214 Å². The quantitative estimate of drug-likeness (QED) is 0.291. The molecule has 4 nitrogen and oxygen atoms in total. The summed E-state index contributed by atoms with van der Waals surface area (Å²) in [6.45, 7) is 3.46. The number of carboxylic acid groups (broad SMARTS) is 1. The van der Waals surface area contributed by atoms with Gasteiger partial charge in [0.15, 0.2) is 0 Å². The molecule has 2 aliphatic carbocycles. The SMILES string of the molecule is C1CC[CH]([Sn+2][CH]2CCCCC2)CC1.CC(C)[C@H](N=Cc1cc(Br)cc(Br)c1[O-])C(=O)[O-]. The van der Waals surface area contributed by atoms with Crippen LogP contribution in [0, 0.1) is 5.92 Å². The van der Waals surface area contributed by atoms with Gasteiger partial charge in [-0.3, -0.25) is 4.99 Å². The second-order valence-electron chi connectivity index (χ2n) is 8.93. The van der Waals surface area contributed by atoms with E-state index in [9.17, 15) is 15.0 Å². The third-order valence-corrected chi connectivity index (χ3v) is 13.0. The van der Waals surface area contributed by atoms with E-state index in [1.165, 1.54) is 14.1 Å². The molecule has 0 amide bonds. The van der Waals surface area contributed by atoms with Crippen LogP contribution in [-0.2, 0) is 4.79 Å². The molecule has 2 fully saturated rings. The molecule has 7 heteroatoms. The Hall–Kier alpha value is -0.0813. The Balaban J connectivity index is 0.000000231. The average molecular weight is 662 g/mol. The molecule has 0 bridgehead atoms. The summed E-state index contributed by atoms with van der Waals surface area (Å²) in [5.41, 5.74) is 0.322. The molecule has 0 aliphatic heterocycles. The third-order valence-electron chi connectivity index (χ3n) is 5.97. The van der Waals surface area contributed by atoms with Crippen molar-refractivity contribution < 1.29 is 15.0 Å². The standard InChI is InChI=1S/C12H13Br2NO3.2C6H11.Sn/c1-6(2)10(12(17)18)15-5-7-3-8(13)4-9(14)11(7)16;2*1-2-4-6-5-3-1;/h3-6,10,16H,1-2H3,(H,17,18);2*1H,2-6H2;/q;;;+2/p-2/t10-;;;/m0.../s1. The molecule has 0 heterocycles. The van der Waals surface area contributed by atoms with Gasteiger partial charge < -0.3 is 15.0 Å². The minimum absolute atomic E-state index is 0.0367. The van der Waals surface area contributed by atoms with Gasteiger partial charge in [0.25, 0.3) is 0 Å². The largest absolute Gasteiger partial charge is 0.871 e. The van der Waals surface area contributed by atoms with Crippen molar-refractivity contribution in [3.63, 3.8) is 0 Å². The van der Waals surface area contributed by atoms with E-state index in [4.69, 9.17) is 0 Å². The van der Waals surface area contributed by atoms with E-state index in [0.29, 0.717) is 14.5 Å². The Morgan fingerprint density at radius 1 is 1.03 bits per heavy atom. The van der Waals surface area contributed by atoms with Gasteiger partial charge in [0.2, 0.25) is 0 Å². The van der Waals surface area contributed by atoms with Gasteiger partial charge in [-0.15, -0.1) is 0 Å². The first-order valence-corrected chi connectivity index (χ1v) is 16.3. The first-order chi connectivity index (χ1) is 14.8.